The van der Waals surface area contributed by atoms with Gasteiger partial charge in [0, 0.05) is 5.69 Å². The Balaban J connectivity index is 0.00000242. The molecule has 1 saturated carbocycles. The largest absolute Gasteiger partial charge is 0.374 e. The van der Waals surface area contributed by atoms with Crippen LogP contribution < -0.4 is 11.1 Å². The number of rotatable bonds is 5. The van der Waals surface area contributed by atoms with Crippen LogP contribution in [0.25, 0.3) is 0 Å². The third-order valence-electron chi connectivity index (χ3n) is 3.98. The van der Waals surface area contributed by atoms with Crippen molar-refractivity contribution in [1.82, 2.24) is 0 Å². The Bertz CT molecular complexity index is 479. The van der Waals surface area contributed by atoms with Crippen molar-refractivity contribution in [2.45, 2.75) is 58.3 Å². The lowest BCUT2D eigenvalue weighted by molar-refractivity contribution is -0.117. The third-order valence-corrected chi connectivity index (χ3v) is 3.98. The summed E-state index contributed by atoms with van der Waals surface area (Å²) in [5.74, 6) is 0.592. The molecule has 4 nitrogen and oxygen atoms in total. The summed E-state index contributed by atoms with van der Waals surface area (Å²) < 4.78 is 6.01. The zero-order chi connectivity index (χ0) is 15.2. The number of hydrogen-bond donors (Lipinski definition) is 2. The minimum absolute atomic E-state index is 0. The Kier molecular flexibility index (Phi) is 7.87. The highest BCUT2D eigenvalue weighted by Gasteiger charge is 2.19. The van der Waals surface area contributed by atoms with E-state index in [1.165, 1.54) is 12.8 Å². The molecule has 22 heavy (non-hydrogen) atoms. The van der Waals surface area contributed by atoms with Gasteiger partial charge in [-0.1, -0.05) is 31.9 Å². The van der Waals surface area contributed by atoms with E-state index in [1.54, 1.807) is 6.92 Å². The second-order valence-corrected chi connectivity index (χ2v) is 6.18. The van der Waals surface area contributed by atoms with E-state index >= 15 is 0 Å². The van der Waals surface area contributed by atoms with Crippen molar-refractivity contribution < 1.29 is 9.53 Å². The Labute approximate surface area is 139 Å². The number of carbonyl (C=O) groups excluding carboxylic acids is 1. The number of ether oxygens (including phenoxy) is 1. The average Bonchev–Trinajstić information content (AvgIpc) is 2.45. The predicted molar refractivity (Wildman–Crippen MR) is 92.2 cm³/mol. The SMILES string of the molecule is CC1CCCC(OCc2cccc(NC(=O)[C@@H](C)N)c2)C1.Cl. The molecule has 1 fully saturated rings. The first-order valence-electron chi connectivity index (χ1n) is 7.81. The quantitative estimate of drug-likeness (QED) is 0.870. The molecule has 0 heterocycles. The van der Waals surface area contributed by atoms with Crippen molar-refractivity contribution in [3.8, 4) is 0 Å². The van der Waals surface area contributed by atoms with Crippen LogP contribution in [0, 0.1) is 5.92 Å². The van der Waals surface area contributed by atoms with Gasteiger partial charge >= 0.3 is 0 Å². The smallest absolute Gasteiger partial charge is 0.240 e. The normalized spacial score (nSPS) is 22.5. The minimum Gasteiger partial charge on any atom is -0.374 e. The molecule has 0 aromatic heterocycles. The Morgan fingerprint density at radius 1 is 1.45 bits per heavy atom. The van der Waals surface area contributed by atoms with Gasteiger partial charge in [0.15, 0.2) is 0 Å². The van der Waals surface area contributed by atoms with Gasteiger partial charge in [0.1, 0.15) is 0 Å². The molecule has 0 radical (unpaired) electrons. The second kappa shape index (κ2) is 9.13. The molecule has 3 N–H and O–H groups in total. The van der Waals surface area contributed by atoms with E-state index in [1.807, 2.05) is 24.3 Å². The molecule has 1 aliphatic carbocycles. The van der Waals surface area contributed by atoms with Gasteiger partial charge in [-0.2, -0.15) is 0 Å². The molecule has 1 aromatic carbocycles. The number of anilines is 1. The second-order valence-electron chi connectivity index (χ2n) is 6.18. The molecule has 0 saturated heterocycles. The van der Waals surface area contributed by atoms with Crippen molar-refractivity contribution >= 4 is 24.0 Å². The first-order chi connectivity index (χ1) is 10.0. The van der Waals surface area contributed by atoms with Gasteiger partial charge in [0.25, 0.3) is 0 Å². The van der Waals surface area contributed by atoms with Crippen LogP contribution in [0.3, 0.4) is 0 Å². The number of nitrogens with two attached hydrogens (primary N) is 1. The maximum atomic E-state index is 11.6. The highest BCUT2D eigenvalue weighted by Crippen LogP contribution is 2.26. The van der Waals surface area contributed by atoms with E-state index < -0.39 is 6.04 Å². The van der Waals surface area contributed by atoms with Crippen LogP contribution in [0.4, 0.5) is 5.69 Å². The standard InChI is InChI=1S/C17H26N2O2.ClH/c1-12-5-3-8-16(9-12)21-11-14-6-4-7-15(10-14)19-17(20)13(2)18;/h4,6-7,10,12-13,16H,3,5,8-9,11,18H2,1-2H3,(H,19,20);1H/t12?,13-,16?;/m1./s1. The van der Waals surface area contributed by atoms with Crippen molar-refractivity contribution in [2.24, 2.45) is 11.7 Å². The molecule has 2 unspecified atom stereocenters. The van der Waals surface area contributed by atoms with E-state index in [2.05, 4.69) is 12.2 Å². The third kappa shape index (κ3) is 5.95. The topological polar surface area (TPSA) is 64.3 Å². The van der Waals surface area contributed by atoms with Gasteiger partial charge in [0.05, 0.1) is 18.8 Å². The fourth-order valence-electron chi connectivity index (χ4n) is 2.74. The molecule has 1 aliphatic rings. The van der Waals surface area contributed by atoms with Crippen molar-refractivity contribution in [3.05, 3.63) is 29.8 Å². The first-order valence-corrected chi connectivity index (χ1v) is 7.81. The molecule has 0 bridgehead atoms. The molecule has 1 amide bonds. The molecule has 3 atom stereocenters. The van der Waals surface area contributed by atoms with Crippen LogP contribution in [0.2, 0.25) is 0 Å². The fraction of sp³-hybridized carbons (Fsp3) is 0.588. The van der Waals surface area contributed by atoms with E-state index in [-0.39, 0.29) is 18.3 Å². The predicted octanol–water partition coefficient (Wildman–Crippen LogP) is 3.49. The lowest BCUT2D eigenvalue weighted by atomic mass is 9.89. The van der Waals surface area contributed by atoms with E-state index in [4.69, 9.17) is 10.5 Å². The number of benzene rings is 1. The summed E-state index contributed by atoms with van der Waals surface area (Å²) in [6.45, 7) is 4.56. The van der Waals surface area contributed by atoms with Crippen molar-refractivity contribution in [2.75, 3.05) is 5.32 Å². The van der Waals surface area contributed by atoms with E-state index in [9.17, 15) is 4.79 Å². The van der Waals surface area contributed by atoms with Gasteiger partial charge in [-0.05, 0) is 43.4 Å². The van der Waals surface area contributed by atoms with Crippen LogP contribution in [0.1, 0.15) is 45.1 Å². The summed E-state index contributed by atoms with van der Waals surface area (Å²) in [5.41, 5.74) is 7.41. The van der Waals surface area contributed by atoms with Crippen molar-refractivity contribution in [1.29, 1.82) is 0 Å². The van der Waals surface area contributed by atoms with Gasteiger partial charge in [0.2, 0.25) is 5.91 Å². The highest BCUT2D eigenvalue weighted by atomic mass is 35.5. The van der Waals surface area contributed by atoms with Crippen LogP contribution >= 0.6 is 12.4 Å². The number of hydrogen-bond acceptors (Lipinski definition) is 3. The first kappa shape index (κ1) is 18.9. The Morgan fingerprint density at radius 2 is 2.23 bits per heavy atom. The molecule has 124 valence electrons. The highest BCUT2D eigenvalue weighted by molar-refractivity contribution is 5.94. The number of nitrogens with one attached hydrogen (secondary N) is 1. The summed E-state index contributed by atoms with van der Waals surface area (Å²) in [5, 5.41) is 2.81. The van der Waals surface area contributed by atoms with Crippen LogP contribution in [-0.4, -0.2) is 18.1 Å². The molecule has 2 rings (SSSR count). The minimum atomic E-state index is -0.506. The molecular formula is C17H27ClN2O2. The molecular weight excluding hydrogens is 300 g/mol. The Hall–Kier alpha value is -1.10. The zero-order valence-electron chi connectivity index (χ0n) is 13.4. The van der Waals surface area contributed by atoms with Crippen molar-refractivity contribution in [3.63, 3.8) is 0 Å². The summed E-state index contributed by atoms with van der Waals surface area (Å²) in [4.78, 5) is 11.6. The zero-order valence-corrected chi connectivity index (χ0v) is 14.2. The van der Waals surface area contributed by atoms with Gasteiger partial charge in [-0.25, -0.2) is 0 Å². The molecule has 0 spiro atoms. The van der Waals surface area contributed by atoms with Crippen LogP contribution in [-0.2, 0) is 16.1 Å². The summed E-state index contributed by atoms with van der Waals surface area (Å²) >= 11 is 0. The van der Waals surface area contributed by atoms with Gasteiger partial charge in [-0.15, -0.1) is 12.4 Å². The summed E-state index contributed by atoms with van der Waals surface area (Å²) in [6, 6.07) is 7.26. The maximum absolute atomic E-state index is 11.6. The summed E-state index contributed by atoms with van der Waals surface area (Å²) in [6.07, 6.45) is 5.26. The summed E-state index contributed by atoms with van der Waals surface area (Å²) in [7, 11) is 0. The monoisotopic (exact) mass is 326 g/mol. The average molecular weight is 327 g/mol. The fourth-order valence-corrected chi connectivity index (χ4v) is 2.74. The van der Waals surface area contributed by atoms with Gasteiger partial charge in [-0.3, -0.25) is 4.79 Å². The lowest BCUT2D eigenvalue weighted by Crippen LogP contribution is -2.32. The number of amides is 1. The maximum Gasteiger partial charge on any atom is 0.240 e. The van der Waals surface area contributed by atoms with E-state index in [0.717, 1.165) is 30.0 Å². The lowest BCUT2D eigenvalue weighted by Gasteiger charge is -2.26. The molecule has 0 aliphatic heterocycles. The van der Waals surface area contributed by atoms with Gasteiger partial charge < -0.3 is 15.8 Å². The van der Waals surface area contributed by atoms with Crippen LogP contribution in [0.15, 0.2) is 24.3 Å². The number of halogens is 1. The Morgan fingerprint density at radius 3 is 2.91 bits per heavy atom. The molecule has 5 heteroatoms. The number of carbonyl (C=O) groups is 1. The molecule has 1 aromatic rings. The van der Waals surface area contributed by atoms with E-state index in [0.29, 0.717) is 12.7 Å². The van der Waals surface area contributed by atoms with Crippen LogP contribution in [0.5, 0.6) is 0 Å².